The molecule has 0 aromatic heterocycles. The lowest BCUT2D eigenvalue weighted by Gasteiger charge is -2.12. The third-order valence-corrected chi connectivity index (χ3v) is 3.95. The van der Waals surface area contributed by atoms with Gasteiger partial charge in [-0.25, -0.2) is 5.43 Å². The van der Waals surface area contributed by atoms with Crippen LogP contribution in [0.3, 0.4) is 0 Å². The highest BCUT2D eigenvalue weighted by molar-refractivity contribution is 6.30. The first-order chi connectivity index (χ1) is 12.1. The van der Waals surface area contributed by atoms with E-state index in [-0.39, 0.29) is 5.91 Å². The lowest BCUT2D eigenvalue weighted by atomic mass is 10.1. The van der Waals surface area contributed by atoms with Gasteiger partial charge in [0.05, 0.1) is 6.21 Å². The molecular weight excluding hydrogens is 336 g/mol. The Morgan fingerprint density at radius 1 is 1.08 bits per heavy atom. The van der Waals surface area contributed by atoms with Crippen molar-refractivity contribution in [3.8, 4) is 5.75 Å². The number of hydrazone groups is 1. The second-order valence-electron chi connectivity index (χ2n) is 5.52. The molecule has 0 fully saturated rings. The van der Waals surface area contributed by atoms with Crippen LogP contribution < -0.4 is 10.2 Å². The third kappa shape index (κ3) is 4.37. The molecule has 0 unspecified atom stereocenters. The summed E-state index contributed by atoms with van der Waals surface area (Å²) in [6.45, 7) is 1.66. The average Bonchev–Trinajstić information content (AvgIpc) is 2.63. The van der Waals surface area contributed by atoms with Gasteiger partial charge >= 0.3 is 0 Å². The Morgan fingerprint density at radius 3 is 2.60 bits per heavy atom. The van der Waals surface area contributed by atoms with Crippen molar-refractivity contribution in [3.63, 3.8) is 0 Å². The van der Waals surface area contributed by atoms with E-state index in [0.29, 0.717) is 10.8 Å². The number of carbonyl (C=O) groups is 1. The molecule has 3 aromatic carbocycles. The van der Waals surface area contributed by atoms with Crippen molar-refractivity contribution >= 4 is 34.5 Å². The predicted molar refractivity (Wildman–Crippen MR) is 101 cm³/mol. The molecule has 3 aromatic rings. The molecule has 25 heavy (non-hydrogen) atoms. The Labute approximate surface area is 151 Å². The van der Waals surface area contributed by atoms with E-state index in [1.165, 1.54) is 0 Å². The van der Waals surface area contributed by atoms with Crippen LogP contribution in [0.1, 0.15) is 12.5 Å². The fourth-order valence-electron chi connectivity index (χ4n) is 2.39. The monoisotopic (exact) mass is 352 g/mol. The summed E-state index contributed by atoms with van der Waals surface area (Å²) in [4.78, 5) is 12.1. The summed E-state index contributed by atoms with van der Waals surface area (Å²) in [5.41, 5.74) is 3.44. The average molecular weight is 353 g/mol. The van der Waals surface area contributed by atoms with Crippen LogP contribution in [-0.2, 0) is 4.79 Å². The molecule has 5 heteroatoms. The van der Waals surface area contributed by atoms with Gasteiger partial charge in [0.1, 0.15) is 5.75 Å². The van der Waals surface area contributed by atoms with E-state index >= 15 is 0 Å². The number of nitrogens with one attached hydrogen (secondary N) is 1. The molecule has 0 spiro atoms. The molecule has 0 aliphatic carbocycles. The van der Waals surface area contributed by atoms with Crippen molar-refractivity contribution in [2.24, 2.45) is 5.10 Å². The van der Waals surface area contributed by atoms with Gasteiger partial charge < -0.3 is 4.74 Å². The van der Waals surface area contributed by atoms with Crippen molar-refractivity contribution in [2.75, 3.05) is 0 Å². The standard InChI is InChI=1S/C20H17ClN2O2/c1-14(25-18-11-9-17(21)10-12-18)20(24)23-22-13-16-7-4-6-15-5-2-3-8-19(15)16/h2-14H,1H3,(H,23,24)/b22-13-/t14-/m0/s1. The number of hydrogen-bond acceptors (Lipinski definition) is 3. The molecule has 0 saturated heterocycles. The van der Waals surface area contributed by atoms with Crippen LogP contribution in [0.25, 0.3) is 10.8 Å². The van der Waals surface area contributed by atoms with Gasteiger partial charge in [-0.1, -0.05) is 54.1 Å². The first-order valence-electron chi connectivity index (χ1n) is 7.86. The van der Waals surface area contributed by atoms with Gasteiger partial charge in [0.15, 0.2) is 6.10 Å². The second-order valence-corrected chi connectivity index (χ2v) is 5.95. The number of benzene rings is 3. The number of fused-ring (bicyclic) bond motifs is 1. The van der Waals surface area contributed by atoms with Gasteiger partial charge in [-0.15, -0.1) is 0 Å². The van der Waals surface area contributed by atoms with Crippen LogP contribution in [-0.4, -0.2) is 18.2 Å². The van der Waals surface area contributed by atoms with E-state index < -0.39 is 6.10 Å². The minimum absolute atomic E-state index is 0.327. The van der Waals surface area contributed by atoms with Gasteiger partial charge in [-0.05, 0) is 42.0 Å². The maximum atomic E-state index is 12.1. The molecule has 0 heterocycles. The number of hydrogen-bond donors (Lipinski definition) is 1. The molecule has 0 bridgehead atoms. The zero-order valence-electron chi connectivity index (χ0n) is 13.6. The van der Waals surface area contributed by atoms with E-state index in [2.05, 4.69) is 10.5 Å². The van der Waals surface area contributed by atoms with Crippen molar-refractivity contribution in [2.45, 2.75) is 13.0 Å². The fraction of sp³-hybridized carbons (Fsp3) is 0.100. The molecule has 0 saturated carbocycles. The van der Waals surface area contributed by atoms with Gasteiger partial charge in [0, 0.05) is 10.6 Å². The Kier molecular flexibility index (Phi) is 5.31. The second kappa shape index (κ2) is 7.81. The number of nitrogens with zero attached hydrogens (tertiary/aromatic N) is 1. The van der Waals surface area contributed by atoms with Gasteiger partial charge in [0.2, 0.25) is 0 Å². The quantitative estimate of drug-likeness (QED) is 0.546. The molecule has 0 aliphatic heterocycles. The Hall–Kier alpha value is -2.85. The van der Waals surface area contributed by atoms with Crippen molar-refractivity contribution < 1.29 is 9.53 Å². The maximum Gasteiger partial charge on any atom is 0.280 e. The topological polar surface area (TPSA) is 50.7 Å². The summed E-state index contributed by atoms with van der Waals surface area (Å²) < 4.78 is 5.56. The Balaban J connectivity index is 1.62. The first-order valence-corrected chi connectivity index (χ1v) is 8.24. The fourth-order valence-corrected chi connectivity index (χ4v) is 2.52. The summed E-state index contributed by atoms with van der Waals surface area (Å²) in [5.74, 6) is 0.247. The van der Waals surface area contributed by atoms with Crippen LogP contribution in [0.4, 0.5) is 0 Å². The zero-order valence-corrected chi connectivity index (χ0v) is 14.4. The summed E-state index contributed by atoms with van der Waals surface area (Å²) in [6.07, 6.45) is 0.959. The minimum Gasteiger partial charge on any atom is -0.481 e. The van der Waals surface area contributed by atoms with E-state index in [4.69, 9.17) is 16.3 Å². The normalized spacial score (nSPS) is 12.2. The largest absolute Gasteiger partial charge is 0.481 e. The number of amides is 1. The summed E-state index contributed by atoms with van der Waals surface area (Å²) in [7, 11) is 0. The highest BCUT2D eigenvalue weighted by Crippen LogP contribution is 2.17. The number of halogens is 1. The first kappa shape index (κ1) is 17.0. The molecule has 0 aliphatic rings. The highest BCUT2D eigenvalue weighted by Gasteiger charge is 2.13. The van der Waals surface area contributed by atoms with Crippen LogP contribution in [0.2, 0.25) is 5.02 Å². The van der Waals surface area contributed by atoms with Crippen LogP contribution in [0.5, 0.6) is 5.75 Å². The molecule has 4 nitrogen and oxygen atoms in total. The molecular formula is C20H17ClN2O2. The van der Waals surface area contributed by atoms with Crippen molar-refractivity contribution in [3.05, 3.63) is 77.3 Å². The SMILES string of the molecule is C[C@H](Oc1ccc(Cl)cc1)C(=O)N/N=C\c1cccc2ccccc12. The van der Waals surface area contributed by atoms with Crippen molar-refractivity contribution in [1.82, 2.24) is 5.43 Å². The molecule has 3 rings (SSSR count). The molecule has 126 valence electrons. The van der Waals surface area contributed by atoms with E-state index in [1.54, 1.807) is 37.4 Å². The van der Waals surface area contributed by atoms with E-state index in [9.17, 15) is 4.79 Å². The number of rotatable bonds is 5. The van der Waals surface area contributed by atoms with Crippen molar-refractivity contribution in [1.29, 1.82) is 0 Å². The summed E-state index contributed by atoms with van der Waals surface area (Å²) in [5, 5.41) is 6.86. The molecule has 1 atom stereocenters. The summed E-state index contributed by atoms with van der Waals surface area (Å²) >= 11 is 5.82. The Morgan fingerprint density at radius 2 is 1.80 bits per heavy atom. The van der Waals surface area contributed by atoms with Crippen LogP contribution in [0, 0.1) is 0 Å². The Bertz CT molecular complexity index is 902. The minimum atomic E-state index is -0.675. The lowest BCUT2D eigenvalue weighted by Crippen LogP contribution is -2.33. The molecule has 1 N–H and O–H groups in total. The smallest absolute Gasteiger partial charge is 0.280 e. The molecule has 1 amide bonds. The van der Waals surface area contributed by atoms with Gasteiger partial charge in [-0.3, -0.25) is 4.79 Å². The highest BCUT2D eigenvalue weighted by atomic mass is 35.5. The summed E-state index contributed by atoms with van der Waals surface area (Å²) in [6, 6.07) is 20.8. The van der Waals surface area contributed by atoms with Crippen LogP contribution >= 0.6 is 11.6 Å². The lowest BCUT2D eigenvalue weighted by molar-refractivity contribution is -0.127. The third-order valence-electron chi connectivity index (χ3n) is 3.70. The number of ether oxygens (including phenoxy) is 1. The number of carbonyl (C=O) groups excluding carboxylic acids is 1. The molecule has 0 radical (unpaired) electrons. The maximum absolute atomic E-state index is 12.1. The predicted octanol–water partition coefficient (Wildman–Crippen LogP) is 4.41. The zero-order chi connectivity index (χ0) is 17.6. The van der Waals surface area contributed by atoms with E-state index in [1.807, 2.05) is 42.5 Å². The van der Waals surface area contributed by atoms with Crippen LogP contribution in [0.15, 0.2) is 71.8 Å². The van der Waals surface area contributed by atoms with Gasteiger partial charge in [0.25, 0.3) is 5.91 Å². The van der Waals surface area contributed by atoms with Gasteiger partial charge in [-0.2, -0.15) is 5.10 Å². The van der Waals surface area contributed by atoms with E-state index in [0.717, 1.165) is 16.3 Å².